The zero-order chi connectivity index (χ0) is 6.85. The van der Waals surface area contributed by atoms with Crippen LogP contribution in [0, 0.1) is 5.92 Å². The number of hydrogen-bond donors (Lipinski definition) is 0. The first-order valence-electron chi connectivity index (χ1n) is 3.26. The minimum absolute atomic E-state index is 0.255. The second-order valence-electron chi connectivity index (χ2n) is 2.72. The monoisotopic (exact) mass is 127 g/mol. The van der Waals surface area contributed by atoms with Crippen molar-refractivity contribution in [2.45, 2.75) is 20.1 Å². The molecule has 1 aliphatic heterocycles. The summed E-state index contributed by atoms with van der Waals surface area (Å²) in [6, 6.07) is 0. The molecule has 0 N–H and O–H groups in total. The van der Waals surface area contributed by atoms with Crippen LogP contribution in [-0.4, -0.2) is 18.2 Å². The molecule has 2 heteroatoms. The van der Waals surface area contributed by atoms with E-state index in [2.05, 4.69) is 18.7 Å². The third-order valence-corrected chi connectivity index (χ3v) is 1.49. The lowest BCUT2D eigenvalue weighted by atomic mass is 10.2. The molecule has 0 aromatic heterocycles. The van der Waals surface area contributed by atoms with Crippen molar-refractivity contribution >= 4 is 0 Å². The molecular weight excluding hydrogens is 114 g/mol. The van der Waals surface area contributed by atoms with Crippen LogP contribution in [0.1, 0.15) is 13.8 Å². The fourth-order valence-electron chi connectivity index (χ4n) is 1.02. The van der Waals surface area contributed by atoms with Gasteiger partial charge in [0.2, 0.25) is 0 Å². The highest BCUT2D eigenvalue weighted by atomic mass is 16.5. The van der Waals surface area contributed by atoms with Gasteiger partial charge in [0.25, 0.3) is 0 Å². The maximum absolute atomic E-state index is 5.27. The van der Waals surface area contributed by atoms with E-state index in [4.69, 9.17) is 4.74 Å². The minimum atomic E-state index is 0.255. The topological polar surface area (TPSA) is 12.5 Å². The van der Waals surface area contributed by atoms with E-state index in [-0.39, 0.29) is 6.23 Å². The largest absolute Gasteiger partial charge is 0.476 e. The summed E-state index contributed by atoms with van der Waals surface area (Å²) in [6.45, 7) is 4.29. The van der Waals surface area contributed by atoms with Gasteiger partial charge in [0, 0.05) is 19.2 Å². The first-order chi connectivity index (χ1) is 4.22. The maximum Gasteiger partial charge on any atom is 0.173 e. The average molecular weight is 127 g/mol. The molecule has 0 saturated carbocycles. The molecular formula is C7H13NO. The molecule has 1 atom stereocenters. The van der Waals surface area contributed by atoms with E-state index < -0.39 is 0 Å². The summed E-state index contributed by atoms with van der Waals surface area (Å²) in [5.74, 6) is 0.560. The van der Waals surface area contributed by atoms with Gasteiger partial charge in [0.15, 0.2) is 6.23 Å². The van der Waals surface area contributed by atoms with E-state index in [1.807, 2.05) is 13.2 Å². The Hall–Kier alpha value is -0.660. The molecule has 0 fully saturated rings. The molecule has 9 heavy (non-hydrogen) atoms. The van der Waals surface area contributed by atoms with E-state index in [0.29, 0.717) is 5.92 Å². The lowest BCUT2D eigenvalue weighted by molar-refractivity contribution is 0.0326. The molecule has 0 spiro atoms. The van der Waals surface area contributed by atoms with Crippen molar-refractivity contribution in [2.24, 2.45) is 5.92 Å². The second kappa shape index (κ2) is 2.29. The lowest BCUT2D eigenvalue weighted by Crippen LogP contribution is -2.29. The summed E-state index contributed by atoms with van der Waals surface area (Å²) in [4.78, 5) is 2.07. The van der Waals surface area contributed by atoms with Gasteiger partial charge in [0.05, 0.1) is 0 Å². The summed E-state index contributed by atoms with van der Waals surface area (Å²) in [5, 5.41) is 0. The molecule has 1 heterocycles. The Morgan fingerprint density at radius 2 is 2.22 bits per heavy atom. The molecule has 0 aromatic carbocycles. The Morgan fingerprint density at radius 3 is 2.44 bits per heavy atom. The van der Waals surface area contributed by atoms with Crippen LogP contribution >= 0.6 is 0 Å². The van der Waals surface area contributed by atoms with Gasteiger partial charge in [-0.05, 0) is 0 Å². The fraction of sp³-hybridized carbons (Fsp3) is 0.714. The van der Waals surface area contributed by atoms with Crippen molar-refractivity contribution in [1.82, 2.24) is 4.90 Å². The third kappa shape index (κ3) is 1.18. The molecule has 0 aliphatic carbocycles. The van der Waals surface area contributed by atoms with E-state index in [0.717, 1.165) is 0 Å². The highest BCUT2D eigenvalue weighted by Crippen LogP contribution is 2.15. The van der Waals surface area contributed by atoms with Crippen LogP contribution in [-0.2, 0) is 4.74 Å². The molecule has 0 amide bonds. The molecule has 0 aromatic rings. The number of rotatable bonds is 1. The highest BCUT2D eigenvalue weighted by molar-refractivity contribution is 4.84. The molecule has 1 aliphatic rings. The van der Waals surface area contributed by atoms with E-state index in [1.165, 1.54) is 0 Å². The fourth-order valence-corrected chi connectivity index (χ4v) is 1.02. The Labute approximate surface area is 56.1 Å². The Balaban J connectivity index is 2.45. The number of nitrogens with zero attached hydrogens (tertiary/aromatic N) is 1. The molecule has 1 rings (SSSR count). The van der Waals surface area contributed by atoms with Gasteiger partial charge < -0.3 is 9.64 Å². The zero-order valence-corrected chi connectivity index (χ0v) is 6.16. The van der Waals surface area contributed by atoms with E-state index in [9.17, 15) is 0 Å². The van der Waals surface area contributed by atoms with Crippen molar-refractivity contribution in [3.05, 3.63) is 12.5 Å². The van der Waals surface area contributed by atoms with Crippen molar-refractivity contribution in [3.63, 3.8) is 0 Å². The normalized spacial score (nSPS) is 25.3. The van der Waals surface area contributed by atoms with Crippen molar-refractivity contribution < 1.29 is 4.74 Å². The van der Waals surface area contributed by atoms with Gasteiger partial charge in [-0.2, -0.15) is 0 Å². The smallest absolute Gasteiger partial charge is 0.173 e. The van der Waals surface area contributed by atoms with Crippen molar-refractivity contribution in [1.29, 1.82) is 0 Å². The first kappa shape index (κ1) is 6.46. The predicted octanol–water partition coefficient (Wildman–Crippen LogP) is 1.40. The predicted molar refractivity (Wildman–Crippen MR) is 36.6 cm³/mol. The van der Waals surface area contributed by atoms with Crippen molar-refractivity contribution in [2.75, 3.05) is 7.05 Å². The Kier molecular flexibility index (Phi) is 1.65. The number of ether oxygens (including phenoxy) is 1. The second-order valence-corrected chi connectivity index (χ2v) is 2.72. The van der Waals surface area contributed by atoms with E-state index >= 15 is 0 Å². The highest BCUT2D eigenvalue weighted by Gasteiger charge is 2.19. The summed E-state index contributed by atoms with van der Waals surface area (Å²) in [5.41, 5.74) is 0. The average Bonchev–Trinajstić information content (AvgIpc) is 2.13. The summed E-state index contributed by atoms with van der Waals surface area (Å²) in [7, 11) is 2.02. The Bertz CT molecular complexity index is 120. The van der Waals surface area contributed by atoms with E-state index in [1.54, 1.807) is 6.26 Å². The number of hydrogen-bond acceptors (Lipinski definition) is 2. The van der Waals surface area contributed by atoms with Crippen LogP contribution in [0.2, 0.25) is 0 Å². The van der Waals surface area contributed by atoms with Gasteiger partial charge in [-0.1, -0.05) is 13.8 Å². The first-order valence-corrected chi connectivity index (χ1v) is 3.26. The Morgan fingerprint density at radius 1 is 1.56 bits per heavy atom. The maximum atomic E-state index is 5.27. The van der Waals surface area contributed by atoms with Gasteiger partial charge in [-0.15, -0.1) is 0 Å². The molecule has 1 unspecified atom stereocenters. The SMILES string of the molecule is CC(C)C1OC=CN1C. The van der Waals surface area contributed by atoms with Crippen LogP contribution in [0.15, 0.2) is 12.5 Å². The van der Waals surface area contributed by atoms with Crippen LogP contribution < -0.4 is 0 Å². The van der Waals surface area contributed by atoms with Crippen LogP contribution in [0.5, 0.6) is 0 Å². The van der Waals surface area contributed by atoms with Gasteiger partial charge >= 0.3 is 0 Å². The molecule has 0 saturated heterocycles. The minimum Gasteiger partial charge on any atom is -0.476 e. The van der Waals surface area contributed by atoms with Gasteiger partial charge in [0.1, 0.15) is 6.26 Å². The van der Waals surface area contributed by atoms with Crippen LogP contribution in [0.3, 0.4) is 0 Å². The van der Waals surface area contributed by atoms with Gasteiger partial charge in [-0.3, -0.25) is 0 Å². The molecule has 0 radical (unpaired) electrons. The molecule has 52 valence electrons. The van der Waals surface area contributed by atoms with Gasteiger partial charge in [-0.25, -0.2) is 0 Å². The van der Waals surface area contributed by atoms with Crippen LogP contribution in [0.25, 0.3) is 0 Å². The summed E-state index contributed by atoms with van der Waals surface area (Å²) < 4.78 is 5.27. The standard InChI is InChI=1S/C7H13NO/c1-6(2)7-8(3)4-5-9-7/h4-7H,1-3H3. The summed E-state index contributed by atoms with van der Waals surface area (Å²) in [6.07, 6.45) is 3.94. The molecule has 2 nitrogen and oxygen atoms in total. The molecule has 0 bridgehead atoms. The quantitative estimate of drug-likeness (QED) is 0.528. The lowest BCUT2D eigenvalue weighted by Gasteiger charge is -2.22. The third-order valence-electron chi connectivity index (χ3n) is 1.49. The van der Waals surface area contributed by atoms with Crippen LogP contribution in [0.4, 0.5) is 0 Å². The summed E-state index contributed by atoms with van der Waals surface area (Å²) >= 11 is 0. The van der Waals surface area contributed by atoms with Crippen molar-refractivity contribution in [3.8, 4) is 0 Å². The zero-order valence-electron chi connectivity index (χ0n) is 6.16.